The highest BCUT2D eigenvalue weighted by atomic mass is 19.1. The van der Waals surface area contributed by atoms with Crippen LogP contribution in [0, 0.1) is 29.4 Å². The summed E-state index contributed by atoms with van der Waals surface area (Å²) in [6.45, 7) is 3.00. The second-order valence-electron chi connectivity index (χ2n) is 8.03. The van der Waals surface area contributed by atoms with Crippen molar-refractivity contribution >= 4 is 11.7 Å². The fraction of sp³-hybridized carbons (Fsp3) is 0.455. The first-order chi connectivity index (χ1) is 13.9. The Hall–Kier alpha value is -2.70. The van der Waals surface area contributed by atoms with Crippen LogP contribution >= 0.6 is 0 Å². The first-order valence-corrected chi connectivity index (χ1v) is 9.99. The Balaban J connectivity index is 1.53. The zero-order chi connectivity index (χ0) is 20.5. The smallest absolute Gasteiger partial charge is 0.306 e. The predicted molar refractivity (Wildman–Crippen MR) is 105 cm³/mol. The maximum absolute atomic E-state index is 14.8. The van der Waals surface area contributed by atoms with Crippen LogP contribution in [-0.4, -0.2) is 35.8 Å². The number of benzene rings is 1. The fourth-order valence-electron chi connectivity index (χ4n) is 3.76. The summed E-state index contributed by atoms with van der Waals surface area (Å²) in [6, 6.07) is 7.74. The number of anilines is 1. The molecular formula is C22H24F2N2O3. The maximum Gasteiger partial charge on any atom is 0.306 e. The minimum atomic E-state index is -0.886. The summed E-state index contributed by atoms with van der Waals surface area (Å²) in [4.78, 5) is 17.2. The van der Waals surface area contributed by atoms with Crippen LogP contribution < -0.4 is 9.64 Å². The molecule has 1 unspecified atom stereocenters. The molecule has 154 valence electrons. The van der Waals surface area contributed by atoms with Gasteiger partial charge in [0.15, 0.2) is 0 Å². The first kappa shape index (κ1) is 19.6. The van der Waals surface area contributed by atoms with Gasteiger partial charge in [-0.3, -0.25) is 4.79 Å². The molecule has 5 nitrogen and oxygen atoms in total. The Morgan fingerprint density at radius 2 is 2.00 bits per heavy atom. The highest BCUT2D eigenvalue weighted by molar-refractivity contribution is 5.70. The van der Waals surface area contributed by atoms with E-state index in [4.69, 9.17) is 4.74 Å². The van der Waals surface area contributed by atoms with Gasteiger partial charge in [-0.05, 0) is 49.3 Å². The van der Waals surface area contributed by atoms with Crippen molar-refractivity contribution in [1.82, 2.24) is 4.98 Å². The van der Waals surface area contributed by atoms with Crippen LogP contribution in [0.5, 0.6) is 5.88 Å². The number of aliphatic carboxylic acids is 1. The van der Waals surface area contributed by atoms with Gasteiger partial charge in [-0.15, -0.1) is 0 Å². The van der Waals surface area contributed by atoms with Crippen molar-refractivity contribution in [1.29, 1.82) is 0 Å². The molecule has 0 bridgehead atoms. The van der Waals surface area contributed by atoms with Gasteiger partial charge in [0.25, 0.3) is 0 Å². The Morgan fingerprint density at radius 3 is 2.66 bits per heavy atom. The zero-order valence-corrected chi connectivity index (χ0v) is 16.3. The molecular weight excluding hydrogens is 378 g/mol. The Labute approximate surface area is 168 Å². The third kappa shape index (κ3) is 4.33. The molecule has 0 spiro atoms. The van der Waals surface area contributed by atoms with Gasteiger partial charge in [0.1, 0.15) is 17.3 Å². The van der Waals surface area contributed by atoms with E-state index < -0.39 is 23.5 Å². The largest absolute Gasteiger partial charge is 0.481 e. The van der Waals surface area contributed by atoms with Crippen LogP contribution in [0.2, 0.25) is 0 Å². The lowest BCUT2D eigenvalue weighted by atomic mass is 9.94. The van der Waals surface area contributed by atoms with Crippen molar-refractivity contribution in [3.05, 3.63) is 42.0 Å². The van der Waals surface area contributed by atoms with E-state index in [0.29, 0.717) is 49.2 Å². The van der Waals surface area contributed by atoms with Gasteiger partial charge in [-0.25, -0.2) is 13.8 Å². The molecule has 2 atom stereocenters. The summed E-state index contributed by atoms with van der Waals surface area (Å²) >= 11 is 0. The normalized spacial score (nSPS) is 20.0. The number of rotatable bonds is 7. The molecule has 2 aromatic rings. The van der Waals surface area contributed by atoms with E-state index in [2.05, 4.69) is 4.98 Å². The van der Waals surface area contributed by atoms with Crippen LogP contribution in [0.3, 0.4) is 0 Å². The molecule has 2 heterocycles. The van der Waals surface area contributed by atoms with Crippen molar-refractivity contribution in [3.8, 4) is 17.1 Å². The molecule has 29 heavy (non-hydrogen) atoms. The second kappa shape index (κ2) is 7.97. The van der Waals surface area contributed by atoms with Gasteiger partial charge in [-0.2, -0.15) is 0 Å². The number of carbonyl (C=O) groups is 1. The fourth-order valence-corrected chi connectivity index (χ4v) is 3.76. The van der Waals surface area contributed by atoms with Gasteiger partial charge >= 0.3 is 5.97 Å². The maximum atomic E-state index is 14.8. The monoisotopic (exact) mass is 402 g/mol. The van der Waals surface area contributed by atoms with Gasteiger partial charge in [0.05, 0.1) is 18.2 Å². The van der Waals surface area contributed by atoms with Crippen LogP contribution in [-0.2, 0) is 4.79 Å². The minimum Gasteiger partial charge on any atom is -0.481 e. The number of pyridine rings is 1. The van der Waals surface area contributed by atoms with Crippen LogP contribution in [0.4, 0.5) is 14.5 Å². The van der Waals surface area contributed by atoms with E-state index in [9.17, 15) is 18.7 Å². The SMILES string of the molecule is CC(C(=O)O)[C@@H]1CCN(c2c(F)cc(-c3cccc(OCC4CC4)n3)cc2F)C1. The number of nitrogens with zero attached hydrogens (tertiary/aromatic N) is 2. The van der Waals surface area contributed by atoms with Crippen LogP contribution in [0.25, 0.3) is 11.3 Å². The third-order valence-electron chi connectivity index (χ3n) is 5.84. The number of carboxylic acids is 1. The Kier molecular flexibility index (Phi) is 5.39. The topological polar surface area (TPSA) is 62.7 Å². The third-order valence-corrected chi connectivity index (χ3v) is 5.84. The molecule has 2 fully saturated rings. The summed E-state index contributed by atoms with van der Waals surface area (Å²) < 4.78 is 35.3. The molecule has 1 saturated carbocycles. The van der Waals surface area contributed by atoms with Crippen molar-refractivity contribution in [2.24, 2.45) is 17.8 Å². The van der Waals surface area contributed by atoms with Gasteiger partial charge in [0, 0.05) is 24.7 Å². The van der Waals surface area contributed by atoms with Crippen molar-refractivity contribution < 1.29 is 23.4 Å². The number of ether oxygens (including phenoxy) is 1. The summed E-state index contributed by atoms with van der Waals surface area (Å²) in [5, 5.41) is 9.18. The molecule has 1 aromatic heterocycles. The number of hydrogen-bond acceptors (Lipinski definition) is 4. The Morgan fingerprint density at radius 1 is 1.28 bits per heavy atom. The van der Waals surface area contributed by atoms with Crippen molar-refractivity contribution in [3.63, 3.8) is 0 Å². The van der Waals surface area contributed by atoms with Gasteiger partial charge in [0.2, 0.25) is 5.88 Å². The molecule has 1 aliphatic carbocycles. The standard InChI is InChI=1S/C22H24F2N2O3/c1-13(22(27)28)15-7-8-26(11-15)21-17(23)9-16(10-18(21)24)19-3-2-4-20(25-19)29-12-14-5-6-14/h2-4,9-10,13-15H,5-8,11-12H2,1H3,(H,27,28)/t13?,15-/m1/s1. The van der Waals surface area contributed by atoms with E-state index in [-0.39, 0.29) is 11.6 Å². The molecule has 7 heteroatoms. The van der Waals surface area contributed by atoms with E-state index in [1.165, 1.54) is 25.0 Å². The quantitative estimate of drug-likeness (QED) is 0.746. The van der Waals surface area contributed by atoms with E-state index in [1.54, 1.807) is 30.0 Å². The van der Waals surface area contributed by atoms with Crippen molar-refractivity contribution in [2.45, 2.75) is 26.2 Å². The number of aromatic nitrogens is 1. The summed E-state index contributed by atoms with van der Waals surface area (Å²) in [7, 11) is 0. The summed E-state index contributed by atoms with van der Waals surface area (Å²) in [6.07, 6.45) is 2.93. The lowest BCUT2D eigenvalue weighted by molar-refractivity contribution is -0.142. The van der Waals surface area contributed by atoms with E-state index in [0.717, 1.165) is 0 Å². The van der Waals surface area contributed by atoms with Crippen LogP contribution in [0.15, 0.2) is 30.3 Å². The zero-order valence-electron chi connectivity index (χ0n) is 16.3. The highest BCUT2D eigenvalue weighted by Gasteiger charge is 2.33. The summed E-state index contributed by atoms with van der Waals surface area (Å²) in [5.74, 6) is -1.87. The average Bonchev–Trinajstić information content (AvgIpc) is 3.41. The molecule has 2 aliphatic rings. The molecule has 1 N–H and O–H groups in total. The van der Waals surface area contributed by atoms with E-state index in [1.807, 2.05) is 0 Å². The second-order valence-corrected chi connectivity index (χ2v) is 8.03. The molecule has 0 amide bonds. The van der Waals surface area contributed by atoms with Crippen molar-refractivity contribution in [2.75, 3.05) is 24.6 Å². The number of hydrogen-bond donors (Lipinski definition) is 1. The molecule has 0 radical (unpaired) electrons. The minimum absolute atomic E-state index is 0.102. The van der Waals surface area contributed by atoms with E-state index >= 15 is 0 Å². The lowest BCUT2D eigenvalue weighted by Crippen LogP contribution is -2.26. The molecule has 4 rings (SSSR count). The first-order valence-electron chi connectivity index (χ1n) is 9.99. The lowest BCUT2D eigenvalue weighted by Gasteiger charge is -2.21. The van der Waals surface area contributed by atoms with Gasteiger partial charge < -0.3 is 14.7 Å². The molecule has 1 aliphatic heterocycles. The highest BCUT2D eigenvalue weighted by Crippen LogP contribution is 2.35. The molecule has 1 saturated heterocycles. The van der Waals surface area contributed by atoms with Gasteiger partial charge in [-0.1, -0.05) is 13.0 Å². The Bertz CT molecular complexity index is 894. The number of carboxylic acid groups (broad SMARTS) is 1. The molecule has 1 aromatic carbocycles. The van der Waals surface area contributed by atoms with Crippen LogP contribution in [0.1, 0.15) is 26.2 Å². The number of halogens is 2. The predicted octanol–water partition coefficient (Wildman–Crippen LogP) is 4.36. The summed E-state index contributed by atoms with van der Waals surface area (Å²) in [5.41, 5.74) is 0.687. The average molecular weight is 402 g/mol.